The standard InChI is InChI=1S/C19H26N2O2/c1-13-5-6-16(11-14(13)2)17-12-18(17)19(23)21-8-4-7-20(9-10-21)15(3)22/h5-6,11,17-18H,4,7-10,12H2,1-3H3/t17-,18-/m0/s1. The zero-order chi connectivity index (χ0) is 16.6. The van der Waals surface area contributed by atoms with E-state index < -0.39 is 0 Å². The molecule has 1 aromatic carbocycles. The monoisotopic (exact) mass is 314 g/mol. The molecule has 3 rings (SSSR count). The molecule has 1 aliphatic heterocycles. The van der Waals surface area contributed by atoms with Crippen molar-refractivity contribution in [2.24, 2.45) is 5.92 Å². The van der Waals surface area contributed by atoms with E-state index in [4.69, 9.17) is 0 Å². The highest BCUT2D eigenvalue weighted by Crippen LogP contribution is 2.48. The maximum absolute atomic E-state index is 12.7. The number of amides is 2. The Labute approximate surface area is 138 Å². The minimum atomic E-state index is 0.110. The largest absolute Gasteiger partial charge is 0.341 e. The molecule has 0 bridgehead atoms. The van der Waals surface area contributed by atoms with Crippen molar-refractivity contribution in [3.63, 3.8) is 0 Å². The molecule has 1 heterocycles. The number of hydrogen-bond acceptors (Lipinski definition) is 2. The van der Waals surface area contributed by atoms with Gasteiger partial charge in [-0.3, -0.25) is 9.59 Å². The molecule has 0 aromatic heterocycles. The van der Waals surface area contributed by atoms with Crippen molar-refractivity contribution in [3.8, 4) is 0 Å². The summed E-state index contributed by atoms with van der Waals surface area (Å²) >= 11 is 0. The Kier molecular flexibility index (Phi) is 4.42. The zero-order valence-electron chi connectivity index (χ0n) is 14.3. The van der Waals surface area contributed by atoms with Gasteiger partial charge in [0, 0.05) is 39.0 Å². The quantitative estimate of drug-likeness (QED) is 0.841. The minimum absolute atomic E-state index is 0.110. The number of rotatable bonds is 2. The van der Waals surface area contributed by atoms with Crippen LogP contribution < -0.4 is 0 Å². The van der Waals surface area contributed by atoms with Crippen LogP contribution in [0.5, 0.6) is 0 Å². The van der Waals surface area contributed by atoms with Gasteiger partial charge in [-0.2, -0.15) is 0 Å². The lowest BCUT2D eigenvalue weighted by molar-refractivity contribution is -0.133. The van der Waals surface area contributed by atoms with Gasteiger partial charge in [-0.05, 0) is 49.3 Å². The van der Waals surface area contributed by atoms with Crippen molar-refractivity contribution in [1.29, 1.82) is 0 Å². The van der Waals surface area contributed by atoms with Crippen molar-refractivity contribution in [1.82, 2.24) is 9.80 Å². The molecule has 23 heavy (non-hydrogen) atoms. The van der Waals surface area contributed by atoms with E-state index in [1.54, 1.807) is 6.92 Å². The molecule has 2 amide bonds. The smallest absolute Gasteiger partial charge is 0.226 e. The normalized spacial score (nSPS) is 24.3. The average molecular weight is 314 g/mol. The van der Waals surface area contributed by atoms with Crippen molar-refractivity contribution >= 4 is 11.8 Å². The Morgan fingerprint density at radius 3 is 2.39 bits per heavy atom. The SMILES string of the molecule is CC(=O)N1CCCN(C(=O)[C@H]2C[C@H]2c2ccc(C)c(C)c2)CC1. The summed E-state index contributed by atoms with van der Waals surface area (Å²) in [5, 5.41) is 0. The Balaban J connectivity index is 1.61. The lowest BCUT2D eigenvalue weighted by Gasteiger charge is -2.21. The second-order valence-corrected chi connectivity index (χ2v) is 6.98. The number of benzene rings is 1. The first-order valence-electron chi connectivity index (χ1n) is 8.59. The summed E-state index contributed by atoms with van der Waals surface area (Å²) in [5.74, 6) is 0.910. The van der Waals surface area contributed by atoms with Gasteiger partial charge in [0.1, 0.15) is 0 Å². The van der Waals surface area contributed by atoms with Gasteiger partial charge in [-0.1, -0.05) is 18.2 Å². The molecule has 4 nitrogen and oxygen atoms in total. The van der Waals surface area contributed by atoms with Gasteiger partial charge < -0.3 is 9.80 Å². The third-order valence-corrected chi connectivity index (χ3v) is 5.32. The molecule has 124 valence electrons. The van der Waals surface area contributed by atoms with Gasteiger partial charge in [0.05, 0.1) is 0 Å². The Morgan fingerprint density at radius 2 is 1.70 bits per heavy atom. The molecule has 1 aromatic rings. The number of carbonyl (C=O) groups is 2. The van der Waals surface area contributed by atoms with E-state index in [-0.39, 0.29) is 17.7 Å². The second-order valence-electron chi connectivity index (χ2n) is 6.98. The van der Waals surface area contributed by atoms with Crippen LogP contribution in [0.2, 0.25) is 0 Å². The lowest BCUT2D eigenvalue weighted by atomic mass is 10.0. The first kappa shape index (κ1) is 16.0. The van der Waals surface area contributed by atoms with Crippen molar-refractivity contribution in [3.05, 3.63) is 34.9 Å². The zero-order valence-corrected chi connectivity index (χ0v) is 14.3. The summed E-state index contributed by atoms with van der Waals surface area (Å²) in [7, 11) is 0. The highest BCUT2D eigenvalue weighted by molar-refractivity contribution is 5.83. The summed E-state index contributed by atoms with van der Waals surface area (Å²) in [6.07, 6.45) is 1.85. The predicted molar refractivity (Wildman–Crippen MR) is 90.2 cm³/mol. The molecule has 1 saturated carbocycles. The first-order chi connectivity index (χ1) is 11.0. The number of nitrogens with zero attached hydrogens (tertiary/aromatic N) is 2. The predicted octanol–water partition coefficient (Wildman–Crippen LogP) is 2.49. The summed E-state index contributed by atoms with van der Waals surface area (Å²) in [6, 6.07) is 6.55. The fourth-order valence-corrected chi connectivity index (χ4v) is 3.52. The molecule has 1 aliphatic carbocycles. The van der Waals surface area contributed by atoms with Crippen molar-refractivity contribution in [2.75, 3.05) is 26.2 Å². The summed E-state index contributed by atoms with van der Waals surface area (Å²) in [6.45, 7) is 8.74. The molecule has 2 aliphatic rings. The molecule has 0 unspecified atom stereocenters. The molecule has 0 spiro atoms. The Morgan fingerprint density at radius 1 is 1.00 bits per heavy atom. The summed E-state index contributed by atoms with van der Waals surface area (Å²) < 4.78 is 0. The van der Waals surface area contributed by atoms with Crippen LogP contribution in [-0.2, 0) is 9.59 Å². The number of carbonyl (C=O) groups excluding carboxylic acids is 2. The van der Waals surface area contributed by atoms with Crippen LogP contribution in [0.3, 0.4) is 0 Å². The fraction of sp³-hybridized carbons (Fsp3) is 0.579. The van der Waals surface area contributed by atoms with E-state index in [2.05, 4.69) is 32.0 Å². The molecule has 1 saturated heterocycles. The van der Waals surface area contributed by atoms with E-state index >= 15 is 0 Å². The van der Waals surface area contributed by atoms with Gasteiger partial charge >= 0.3 is 0 Å². The number of hydrogen-bond donors (Lipinski definition) is 0. The molecule has 0 N–H and O–H groups in total. The maximum Gasteiger partial charge on any atom is 0.226 e. The van der Waals surface area contributed by atoms with Gasteiger partial charge in [0.15, 0.2) is 0 Å². The van der Waals surface area contributed by atoms with E-state index in [9.17, 15) is 9.59 Å². The van der Waals surface area contributed by atoms with Gasteiger partial charge in [-0.15, -0.1) is 0 Å². The summed E-state index contributed by atoms with van der Waals surface area (Å²) in [5.41, 5.74) is 3.90. The van der Waals surface area contributed by atoms with E-state index in [1.165, 1.54) is 16.7 Å². The molecule has 0 radical (unpaired) electrons. The fourth-order valence-electron chi connectivity index (χ4n) is 3.52. The van der Waals surface area contributed by atoms with Gasteiger partial charge in [0.25, 0.3) is 0 Å². The Bertz CT molecular complexity index is 626. The molecular weight excluding hydrogens is 288 g/mol. The van der Waals surface area contributed by atoms with Crippen LogP contribution in [-0.4, -0.2) is 47.8 Å². The maximum atomic E-state index is 12.7. The van der Waals surface area contributed by atoms with Crippen LogP contribution >= 0.6 is 0 Å². The molecule has 4 heteroatoms. The first-order valence-corrected chi connectivity index (χ1v) is 8.59. The molecule has 2 fully saturated rings. The second kappa shape index (κ2) is 6.34. The highest BCUT2D eigenvalue weighted by atomic mass is 16.2. The van der Waals surface area contributed by atoms with E-state index in [1.807, 2.05) is 9.80 Å². The van der Waals surface area contributed by atoms with Gasteiger partial charge in [0.2, 0.25) is 11.8 Å². The minimum Gasteiger partial charge on any atom is -0.341 e. The van der Waals surface area contributed by atoms with Crippen LogP contribution in [0, 0.1) is 19.8 Å². The van der Waals surface area contributed by atoms with Crippen LogP contribution in [0.25, 0.3) is 0 Å². The lowest BCUT2D eigenvalue weighted by Crippen LogP contribution is -2.37. The van der Waals surface area contributed by atoms with Crippen LogP contribution in [0.15, 0.2) is 18.2 Å². The third-order valence-electron chi connectivity index (χ3n) is 5.32. The van der Waals surface area contributed by atoms with E-state index in [0.29, 0.717) is 19.0 Å². The Hall–Kier alpha value is -1.84. The highest BCUT2D eigenvalue weighted by Gasteiger charge is 2.45. The van der Waals surface area contributed by atoms with Crippen molar-refractivity contribution < 1.29 is 9.59 Å². The molecular formula is C19H26N2O2. The van der Waals surface area contributed by atoms with Crippen molar-refractivity contribution in [2.45, 2.75) is 39.5 Å². The van der Waals surface area contributed by atoms with Gasteiger partial charge in [-0.25, -0.2) is 0 Å². The average Bonchev–Trinajstić information content (AvgIpc) is 3.32. The summed E-state index contributed by atoms with van der Waals surface area (Å²) in [4.78, 5) is 28.1. The van der Waals surface area contributed by atoms with Crippen LogP contribution in [0.4, 0.5) is 0 Å². The topological polar surface area (TPSA) is 40.6 Å². The van der Waals surface area contributed by atoms with E-state index in [0.717, 1.165) is 25.9 Å². The number of aryl methyl sites for hydroxylation is 2. The molecule has 2 atom stereocenters. The third kappa shape index (κ3) is 3.41. The van der Waals surface area contributed by atoms with Crippen LogP contribution in [0.1, 0.15) is 42.4 Å².